The van der Waals surface area contributed by atoms with Crippen LogP contribution in [0, 0.1) is 23.2 Å². The van der Waals surface area contributed by atoms with Crippen LogP contribution in [0.25, 0.3) is 0 Å². The fraction of sp³-hybridized carbons (Fsp3) is 1.00. The topological polar surface area (TPSA) is 12.0 Å². The molecule has 0 amide bonds. The van der Waals surface area contributed by atoms with E-state index in [1.165, 1.54) is 51.4 Å². The van der Waals surface area contributed by atoms with Crippen LogP contribution in [0.4, 0.5) is 0 Å². The quantitative estimate of drug-likeness (QED) is 0.788. The molecule has 1 heteroatoms. The van der Waals surface area contributed by atoms with E-state index >= 15 is 0 Å². The van der Waals surface area contributed by atoms with Gasteiger partial charge in [-0.3, -0.25) is 0 Å². The van der Waals surface area contributed by atoms with Crippen molar-refractivity contribution in [1.82, 2.24) is 5.32 Å². The Morgan fingerprint density at radius 3 is 2.37 bits per heavy atom. The van der Waals surface area contributed by atoms with Gasteiger partial charge in [-0.25, -0.2) is 0 Å². The summed E-state index contributed by atoms with van der Waals surface area (Å²) in [6, 6.07) is 1.67. The second-order valence-corrected chi connectivity index (χ2v) is 8.31. The second kappa shape index (κ2) is 4.76. The normalized spacial score (nSPS) is 45.3. The molecule has 4 saturated carbocycles. The molecule has 0 heterocycles. The molecule has 0 aromatic carbocycles. The van der Waals surface area contributed by atoms with E-state index in [1.807, 2.05) is 0 Å². The lowest BCUT2D eigenvalue weighted by molar-refractivity contribution is 0.0107. The number of hydrogen-bond donors (Lipinski definition) is 1. The van der Waals surface area contributed by atoms with E-state index < -0.39 is 0 Å². The Labute approximate surface area is 118 Å². The number of nitrogens with one attached hydrogen (secondary N) is 1. The van der Waals surface area contributed by atoms with Crippen molar-refractivity contribution >= 4 is 0 Å². The van der Waals surface area contributed by atoms with Crippen molar-refractivity contribution < 1.29 is 0 Å². The van der Waals surface area contributed by atoms with Gasteiger partial charge in [-0.2, -0.15) is 0 Å². The van der Waals surface area contributed by atoms with Crippen LogP contribution in [0.3, 0.4) is 0 Å². The predicted molar refractivity (Wildman–Crippen MR) is 80.1 cm³/mol. The molecular formula is C18H31N. The lowest BCUT2D eigenvalue weighted by Crippen LogP contribution is -2.57. The maximum atomic E-state index is 4.10. The molecule has 0 saturated heterocycles. The zero-order chi connectivity index (χ0) is 12.9. The van der Waals surface area contributed by atoms with Crippen molar-refractivity contribution in [2.24, 2.45) is 23.2 Å². The largest absolute Gasteiger partial charge is 0.311 e. The summed E-state index contributed by atoms with van der Waals surface area (Å²) in [6.45, 7) is 2.50. The summed E-state index contributed by atoms with van der Waals surface area (Å²) in [4.78, 5) is 0. The molecule has 2 bridgehead atoms. The van der Waals surface area contributed by atoms with E-state index in [2.05, 4.69) is 12.2 Å². The summed E-state index contributed by atoms with van der Waals surface area (Å²) < 4.78 is 0. The Morgan fingerprint density at radius 1 is 0.947 bits per heavy atom. The first-order valence-electron chi connectivity index (χ1n) is 9.03. The van der Waals surface area contributed by atoms with Crippen molar-refractivity contribution in [1.29, 1.82) is 0 Å². The highest BCUT2D eigenvalue weighted by atomic mass is 15.0. The van der Waals surface area contributed by atoms with Gasteiger partial charge in [0.1, 0.15) is 0 Å². The SMILES string of the molecule is CC(NC1CCC12CCCCC2)C1CC2CCC1C2. The minimum atomic E-state index is 0.740. The summed E-state index contributed by atoms with van der Waals surface area (Å²) >= 11 is 0. The van der Waals surface area contributed by atoms with Gasteiger partial charge < -0.3 is 5.32 Å². The maximum Gasteiger partial charge on any atom is 0.0126 e. The average molecular weight is 261 g/mol. The zero-order valence-electron chi connectivity index (χ0n) is 12.7. The van der Waals surface area contributed by atoms with E-state index in [-0.39, 0.29) is 0 Å². The molecule has 0 aromatic rings. The fourth-order valence-electron chi connectivity index (χ4n) is 6.16. The van der Waals surface area contributed by atoms with E-state index in [0.717, 1.165) is 35.3 Å². The molecule has 19 heavy (non-hydrogen) atoms. The first-order chi connectivity index (χ1) is 9.27. The molecule has 0 aromatic heterocycles. The highest BCUT2D eigenvalue weighted by molar-refractivity contribution is 5.04. The first kappa shape index (κ1) is 12.7. The molecule has 4 rings (SSSR count). The van der Waals surface area contributed by atoms with Gasteiger partial charge in [0, 0.05) is 12.1 Å². The van der Waals surface area contributed by atoms with Crippen molar-refractivity contribution in [3.63, 3.8) is 0 Å². The summed E-state index contributed by atoms with van der Waals surface area (Å²) in [5.41, 5.74) is 0.740. The second-order valence-electron chi connectivity index (χ2n) is 8.31. The molecular weight excluding hydrogens is 230 g/mol. The van der Waals surface area contributed by atoms with E-state index in [4.69, 9.17) is 0 Å². The van der Waals surface area contributed by atoms with Crippen LogP contribution < -0.4 is 5.32 Å². The third-order valence-electron chi connectivity index (χ3n) is 7.42. The van der Waals surface area contributed by atoms with Crippen LogP contribution in [0.15, 0.2) is 0 Å². The van der Waals surface area contributed by atoms with Gasteiger partial charge >= 0.3 is 0 Å². The molecule has 5 atom stereocenters. The lowest BCUT2D eigenvalue weighted by Gasteiger charge is -2.54. The van der Waals surface area contributed by atoms with Crippen LogP contribution in [0.2, 0.25) is 0 Å². The fourth-order valence-corrected chi connectivity index (χ4v) is 6.16. The Hall–Kier alpha value is -0.0400. The van der Waals surface area contributed by atoms with Gasteiger partial charge in [0.05, 0.1) is 0 Å². The van der Waals surface area contributed by atoms with Gasteiger partial charge in [-0.15, -0.1) is 0 Å². The van der Waals surface area contributed by atoms with Crippen molar-refractivity contribution in [2.75, 3.05) is 0 Å². The summed E-state index contributed by atoms with van der Waals surface area (Å²) in [5, 5.41) is 4.10. The van der Waals surface area contributed by atoms with Crippen LogP contribution in [0.5, 0.6) is 0 Å². The molecule has 0 aliphatic heterocycles. The Kier molecular flexibility index (Phi) is 3.17. The van der Waals surface area contributed by atoms with Crippen LogP contribution in [0.1, 0.15) is 77.6 Å². The standard InChI is InChI=1S/C18H31N/c1-13(16-12-14-5-6-15(16)11-14)19-17-7-10-18(17)8-3-2-4-9-18/h13-17,19H,2-12H2,1H3. The number of fused-ring (bicyclic) bond motifs is 2. The number of hydrogen-bond acceptors (Lipinski definition) is 1. The molecule has 1 spiro atoms. The highest BCUT2D eigenvalue weighted by Crippen LogP contribution is 2.53. The zero-order valence-corrected chi connectivity index (χ0v) is 12.7. The van der Waals surface area contributed by atoms with Crippen LogP contribution in [-0.4, -0.2) is 12.1 Å². The highest BCUT2D eigenvalue weighted by Gasteiger charge is 2.49. The molecule has 4 aliphatic carbocycles. The Balaban J connectivity index is 1.36. The summed E-state index contributed by atoms with van der Waals surface area (Å²) in [7, 11) is 0. The number of rotatable bonds is 3. The summed E-state index contributed by atoms with van der Waals surface area (Å²) in [6.07, 6.45) is 16.7. The van der Waals surface area contributed by atoms with Crippen molar-refractivity contribution in [3.8, 4) is 0 Å². The smallest absolute Gasteiger partial charge is 0.0126 e. The Morgan fingerprint density at radius 2 is 1.79 bits per heavy atom. The molecule has 0 radical (unpaired) electrons. The average Bonchev–Trinajstić information content (AvgIpc) is 3.07. The Bertz CT molecular complexity index is 331. The molecule has 1 nitrogen and oxygen atoms in total. The van der Waals surface area contributed by atoms with E-state index in [0.29, 0.717) is 0 Å². The van der Waals surface area contributed by atoms with Gasteiger partial charge in [0.15, 0.2) is 0 Å². The van der Waals surface area contributed by atoms with Crippen molar-refractivity contribution in [3.05, 3.63) is 0 Å². The first-order valence-corrected chi connectivity index (χ1v) is 9.03. The van der Waals surface area contributed by atoms with Crippen LogP contribution >= 0.6 is 0 Å². The van der Waals surface area contributed by atoms with Gasteiger partial charge in [0.25, 0.3) is 0 Å². The van der Waals surface area contributed by atoms with E-state index in [9.17, 15) is 0 Å². The molecule has 5 unspecified atom stereocenters. The lowest BCUT2D eigenvalue weighted by atomic mass is 9.57. The summed E-state index contributed by atoms with van der Waals surface area (Å²) in [5.74, 6) is 3.19. The van der Waals surface area contributed by atoms with Gasteiger partial charge in [-0.05, 0) is 75.0 Å². The van der Waals surface area contributed by atoms with Crippen LogP contribution in [-0.2, 0) is 0 Å². The van der Waals surface area contributed by atoms with Gasteiger partial charge in [-0.1, -0.05) is 25.7 Å². The third kappa shape index (κ3) is 2.07. The minimum absolute atomic E-state index is 0.740. The molecule has 4 aliphatic rings. The van der Waals surface area contributed by atoms with E-state index in [1.54, 1.807) is 19.3 Å². The maximum absolute atomic E-state index is 4.10. The van der Waals surface area contributed by atoms with Crippen molar-refractivity contribution in [2.45, 2.75) is 89.6 Å². The molecule has 4 fully saturated rings. The third-order valence-corrected chi connectivity index (χ3v) is 7.42. The monoisotopic (exact) mass is 261 g/mol. The van der Waals surface area contributed by atoms with Gasteiger partial charge in [0.2, 0.25) is 0 Å². The molecule has 108 valence electrons. The molecule has 1 N–H and O–H groups in total. The minimum Gasteiger partial charge on any atom is -0.311 e. The predicted octanol–water partition coefficient (Wildman–Crippen LogP) is 4.51.